The molecule has 0 aliphatic heterocycles. The van der Waals surface area contributed by atoms with Crippen molar-refractivity contribution in [2.75, 3.05) is 0 Å². The summed E-state index contributed by atoms with van der Waals surface area (Å²) in [4.78, 5) is 15.6. The summed E-state index contributed by atoms with van der Waals surface area (Å²) in [5.74, 6) is 1.33. The standard InChI is InChI=1S/C24H18O2S2/c1-3-7-21(8-4-1)27-23-15-11-19(12-16-23)25-26-20-13-17-24(18-14-20)28-22-9-5-2-6-10-22/h1-18H. The van der Waals surface area contributed by atoms with E-state index in [0.29, 0.717) is 11.5 Å². The summed E-state index contributed by atoms with van der Waals surface area (Å²) in [6.45, 7) is 0. The van der Waals surface area contributed by atoms with Crippen LogP contribution in [0.1, 0.15) is 0 Å². The van der Waals surface area contributed by atoms with Crippen LogP contribution in [-0.4, -0.2) is 0 Å². The van der Waals surface area contributed by atoms with E-state index in [2.05, 4.69) is 24.3 Å². The van der Waals surface area contributed by atoms with Gasteiger partial charge in [-0.05, 0) is 72.8 Å². The van der Waals surface area contributed by atoms with Crippen LogP contribution in [-0.2, 0) is 0 Å². The zero-order valence-electron chi connectivity index (χ0n) is 15.0. The summed E-state index contributed by atoms with van der Waals surface area (Å²) >= 11 is 3.43. The normalized spacial score (nSPS) is 10.4. The fourth-order valence-electron chi connectivity index (χ4n) is 2.47. The lowest BCUT2D eigenvalue weighted by molar-refractivity contribution is -0.1000. The lowest BCUT2D eigenvalue weighted by Gasteiger charge is -2.07. The Labute approximate surface area is 173 Å². The maximum Gasteiger partial charge on any atom is 0.178 e. The molecular formula is C24H18O2S2. The van der Waals surface area contributed by atoms with Gasteiger partial charge in [-0.25, -0.2) is 0 Å². The molecule has 4 rings (SSSR count). The van der Waals surface area contributed by atoms with Crippen molar-refractivity contribution in [2.45, 2.75) is 19.6 Å². The largest absolute Gasteiger partial charge is 0.290 e. The summed E-state index contributed by atoms with van der Waals surface area (Å²) in [6, 6.07) is 36.3. The maximum atomic E-state index is 5.44. The van der Waals surface area contributed by atoms with Gasteiger partial charge in [-0.2, -0.15) is 0 Å². The minimum absolute atomic E-state index is 0.667. The third-order valence-electron chi connectivity index (χ3n) is 3.84. The van der Waals surface area contributed by atoms with Crippen LogP contribution in [0.25, 0.3) is 0 Å². The van der Waals surface area contributed by atoms with Crippen LogP contribution in [0.2, 0.25) is 0 Å². The van der Waals surface area contributed by atoms with Gasteiger partial charge >= 0.3 is 0 Å². The third-order valence-corrected chi connectivity index (χ3v) is 5.87. The highest BCUT2D eigenvalue weighted by molar-refractivity contribution is 7.99. The van der Waals surface area contributed by atoms with E-state index < -0.39 is 0 Å². The molecule has 4 heteroatoms. The first-order valence-corrected chi connectivity index (χ1v) is 10.5. The predicted octanol–water partition coefficient (Wildman–Crippen LogP) is 7.36. The van der Waals surface area contributed by atoms with Crippen LogP contribution < -0.4 is 9.78 Å². The van der Waals surface area contributed by atoms with Crippen molar-refractivity contribution in [1.82, 2.24) is 0 Å². The van der Waals surface area contributed by atoms with Crippen molar-refractivity contribution >= 4 is 23.5 Å². The third kappa shape index (κ3) is 5.35. The second-order valence-electron chi connectivity index (χ2n) is 5.94. The van der Waals surface area contributed by atoms with Crippen LogP contribution in [0.15, 0.2) is 129 Å². The van der Waals surface area contributed by atoms with E-state index in [0.717, 1.165) is 9.79 Å². The van der Waals surface area contributed by atoms with Gasteiger partial charge in [-0.15, -0.1) is 0 Å². The van der Waals surface area contributed by atoms with Crippen molar-refractivity contribution in [3.63, 3.8) is 0 Å². The van der Waals surface area contributed by atoms with Gasteiger partial charge in [0.15, 0.2) is 11.5 Å². The Hall–Kier alpha value is -2.82. The van der Waals surface area contributed by atoms with Crippen LogP contribution in [0.4, 0.5) is 0 Å². The highest BCUT2D eigenvalue weighted by Crippen LogP contribution is 2.30. The molecule has 0 N–H and O–H groups in total. The Morgan fingerprint density at radius 1 is 0.357 bits per heavy atom. The molecule has 0 radical (unpaired) electrons. The molecule has 0 unspecified atom stereocenters. The van der Waals surface area contributed by atoms with E-state index >= 15 is 0 Å². The van der Waals surface area contributed by atoms with E-state index in [4.69, 9.17) is 9.78 Å². The molecule has 0 bridgehead atoms. The first-order chi connectivity index (χ1) is 13.8. The molecule has 0 spiro atoms. The first kappa shape index (κ1) is 18.5. The molecule has 0 aromatic heterocycles. The smallest absolute Gasteiger partial charge is 0.178 e. The highest BCUT2D eigenvalue weighted by atomic mass is 32.2. The molecule has 4 aromatic rings. The monoisotopic (exact) mass is 402 g/mol. The molecule has 138 valence electrons. The maximum absolute atomic E-state index is 5.44. The lowest BCUT2D eigenvalue weighted by atomic mass is 10.3. The molecule has 28 heavy (non-hydrogen) atoms. The Balaban J connectivity index is 1.30. The summed E-state index contributed by atoms with van der Waals surface area (Å²) in [5.41, 5.74) is 0. The molecule has 0 saturated carbocycles. The minimum atomic E-state index is 0.667. The Morgan fingerprint density at radius 3 is 1.04 bits per heavy atom. The quantitative estimate of drug-likeness (QED) is 0.237. The number of rotatable bonds is 7. The van der Waals surface area contributed by atoms with Crippen LogP contribution in [0, 0.1) is 0 Å². The second kappa shape index (κ2) is 9.40. The summed E-state index contributed by atoms with van der Waals surface area (Å²) in [5, 5.41) is 0. The van der Waals surface area contributed by atoms with Crippen LogP contribution >= 0.6 is 23.5 Å². The van der Waals surface area contributed by atoms with E-state index in [1.54, 1.807) is 23.5 Å². The Bertz CT molecular complexity index is 901. The fourth-order valence-corrected chi connectivity index (χ4v) is 4.15. The number of benzene rings is 4. The molecule has 0 fully saturated rings. The van der Waals surface area contributed by atoms with E-state index in [9.17, 15) is 0 Å². The molecular weight excluding hydrogens is 384 g/mol. The van der Waals surface area contributed by atoms with Crippen molar-refractivity contribution < 1.29 is 9.78 Å². The summed E-state index contributed by atoms with van der Waals surface area (Å²) in [6.07, 6.45) is 0. The molecule has 0 aliphatic carbocycles. The Morgan fingerprint density at radius 2 is 0.679 bits per heavy atom. The van der Waals surface area contributed by atoms with Crippen LogP contribution in [0.3, 0.4) is 0 Å². The molecule has 4 aromatic carbocycles. The summed E-state index contributed by atoms with van der Waals surface area (Å²) < 4.78 is 0. The molecule has 0 atom stereocenters. The fraction of sp³-hybridized carbons (Fsp3) is 0. The lowest BCUT2D eigenvalue weighted by Crippen LogP contribution is -1.99. The average molecular weight is 403 g/mol. The van der Waals surface area contributed by atoms with Gasteiger partial charge in [-0.1, -0.05) is 59.9 Å². The van der Waals surface area contributed by atoms with Crippen LogP contribution in [0.5, 0.6) is 11.5 Å². The predicted molar refractivity (Wildman–Crippen MR) is 115 cm³/mol. The Kier molecular flexibility index (Phi) is 6.22. The molecule has 0 aliphatic rings. The van der Waals surface area contributed by atoms with E-state index in [-0.39, 0.29) is 0 Å². The van der Waals surface area contributed by atoms with Gasteiger partial charge < -0.3 is 0 Å². The molecule has 0 heterocycles. The molecule has 0 amide bonds. The van der Waals surface area contributed by atoms with E-state index in [1.807, 2.05) is 84.9 Å². The topological polar surface area (TPSA) is 18.5 Å². The highest BCUT2D eigenvalue weighted by Gasteiger charge is 2.02. The molecule has 2 nitrogen and oxygen atoms in total. The van der Waals surface area contributed by atoms with Crippen molar-refractivity contribution in [3.05, 3.63) is 109 Å². The van der Waals surface area contributed by atoms with Gasteiger partial charge in [0.1, 0.15) is 0 Å². The van der Waals surface area contributed by atoms with Gasteiger partial charge in [0.2, 0.25) is 0 Å². The average Bonchev–Trinajstić information content (AvgIpc) is 2.76. The zero-order chi connectivity index (χ0) is 19.0. The number of hydrogen-bond acceptors (Lipinski definition) is 4. The summed E-state index contributed by atoms with van der Waals surface area (Å²) in [7, 11) is 0. The molecule has 0 saturated heterocycles. The van der Waals surface area contributed by atoms with Gasteiger partial charge in [-0.3, -0.25) is 9.78 Å². The van der Waals surface area contributed by atoms with Gasteiger partial charge in [0, 0.05) is 19.6 Å². The van der Waals surface area contributed by atoms with Crippen molar-refractivity contribution in [2.24, 2.45) is 0 Å². The number of hydrogen-bond donors (Lipinski definition) is 0. The van der Waals surface area contributed by atoms with Crippen molar-refractivity contribution in [3.8, 4) is 11.5 Å². The first-order valence-electron chi connectivity index (χ1n) is 8.86. The van der Waals surface area contributed by atoms with Crippen molar-refractivity contribution in [1.29, 1.82) is 0 Å². The second-order valence-corrected chi connectivity index (χ2v) is 8.23. The van der Waals surface area contributed by atoms with Gasteiger partial charge in [0.25, 0.3) is 0 Å². The zero-order valence-corrected chi connectivity index (χ0v) is 16.7. The minimum Gasteiger partial charge on any atom is -0.290 e. The van der Waals surface area contributed by atoms with E-state index in [1.165, 1.54) is 9.79 Å². The van der Waals surface area contributed by atoms with Gasteiger partial charge in [0.05, 0.1) is 0 Å². The SMILES string of the molecule is c1ccc(Sc2ccc(OOc3ccc(Sc4ccccc4)cc3)cc2)cc1.